The molecule has 1 amide bonds. The quantitative estimate of drug-likeness (QED) is 0.876. The second-order valence-electron chi connectivity index (χ2n) is 9.63. The number of fused-ring (bicyclic) bond motifs is 2. The molecule has 2 aliphatic rings. The normalized spacial score (nSPS) is 30.2. The summed E-state index contributed by atoms with van der Waals surface area (Å²) in [7, 11) is 0. The fourth-order valence-corrected chi connectivity index (χ4v) is 5.34. The van der Waals surface area contributed by atoms with E-state index in [0.717, 1.165) is 35.8 Å². The zero-order chi connectivity index (χ0) is 18.6. The lowest BCUT2D eigenvalue weighted by molar-refractivity contribution is -0.122. The first-order valence-electron chi connectivity index (χ1n) is 9.88. The number of nitrogens with zero attached hydrogens (tertiary/aromatic N) is 2. The van der Waals surface area contributed by atoms with E-state index in [2.05, 4.69) is 56.6 Å². The van der Waals surface area contributed by atoms with Crippen LogP contribution in [0.25, 0.3) is 0 Å². The highest BCUT2D eigenvalue weighted by molar-refractivity contribution is 5.79. The van der Waals surface area contributed by atoms with Crippen molar-refractivity contribution in [3.8, 4) is 0 Å². The van der Waals surface area contributed by atoms with E-state index in [9.17, 15) is 4.79 Å². The predicted octanol–water partition coefficient (Wildman–Crippen LogP) is 4.03. The molecule has 1 aromatic heterocycles. The van der Waals surface area contributed by atoms with Gasteiger partial charge in [0.1, 0.15) is 0 Å². The average Bonchev–Trinajstić information content (AvgIpc) is 2.95. The van der Waals surface area contributed by atoms with Crippen LogP contribution in [-0.4, -0.2) is 21.7 Å². The van der Waals surface area contributed by atoms with Crippen LogP contribution in [-0.2, 0) is 17.8 Å². The van der Waals surface area contributed by atoms with Gasteiger partial charge in [-0.3, -0.25) is 9.48 Å². The fourth-order valence-electron chi connectivity index (χ4n) is 5.34. The first kappa shape index (κ1) is 18.5. The summed E-state index contributed by atoms with van der Waals surface area (Å²) in [6, 6.07) is 0.320. The van der Waals surface area contributed by atoms with E-state index >= 15 is 0 Å². The Morgan fingerprint density at radius 2 is 2.00 bits per heavy atom. The minimum Gasteiger partial charge on any atom is -0.353 e. The lowest BCUT2D eigenvalue weighted by atomic mass is 9.69. The van der Waals surface area contributed by atoms with Gasteiger partial charge in [0.05, 0.1) is 12.1 Å². The molecule has 0 spiro atoms. The Morgan fingerprint density at radius 3 is 2.52 bits per heavy atom. The summed E-state index contributed by atoms with van der Waals surface area (Å²) in [4.78, 5) is 12.8. The van der Waals surface area contributed by atoms with Crippen LogP contribution in [0.2, 0.25) is 0 Å². The summed E-state index contributed by atoms with van der Waals surface area (Å²) >= 11 is 0. The molecule has 3 atom stereocenters. The summed E-state index contributed by atoms with van der Waals surface area (Å²) in [5.41, 5.74) is 3.80. The van der Waals surface area contributed by atoms with Gasteiger partial charge < -0.3 is 5.32 Å². The molecule has 3 rings (SSSR count). The second kappa shape index (κ2) is 6.14. The van der Waals surface area contributed by atoms with E-state index in [1.165, 1.54) is 12.8 Å². The van der Waals surface area contributed by atoms with Crippen molar-refractivity contribution in [3.05, 3.63) is 17.0 Å². The Kier molecular flexibility index (Phi) is 4.53. The number of rotatable bonds is 5. The highest BCUT2D eigenvalue weighted by Crippen LogP contribution is 2.65. The molecule has 0 aliphatic heterocycles. The maximum Gasteiger partial charge on any atom is 0.224 e. The predicted molar refractivity (Wildman–Crippen MR) is 101 cm³/mol. The molecule has 0 saturated heterocycles. The summed E-state index contributed by atoms with van der Waals surface area (Å²) in [6.45, 7) is 16.6. The maximum atomic E-state index is 12.8. The van der Waals surface area contributed by atoms with Crippen molar-refractivity contribution in [3.63, 3.8) is 0 Å². The van der Waals surface area contributed by atoms with Crippen molar-refractivity contribution >= 4 is 5.91 Å². The molecule has 2 aliphatic carbocycles. The van der Waals surface area contributed by atoms with Crippen LogP contribution in [0.5, 0.6) is 0 Å². The molecule has 140 valence electrons. The summed E-state index contributed by atoms with van der Waals surface area (Å²) in [5.74, 6) is 1.46. The largest absolute Gasteiger partial charge is 0.353 e. The standard InChI is InChI=1S/C21H35N3O/c1-13(2)12-24-15(4)17(14(3)23-24)11-19(25)22-18-10-16-8-9-21(18,7)20(16,5)6/h13,16,18H,8-12H2,1-7H3,(H,22,25). The van der Waals surface area contributed by atoms with Crippen molar-refractivity contribution in [2.24, 2.45) is 22.7 Å². The second-order valence-corrected chi connectivity index (χ2v) is 9.63. The molecule has 2 saturated carbocycles. The SMILES string of the molecule is Cc1nn(CC(C)C)c(C)c1CC(=O)NC1CC2CCC1(C)C2(C)C. The number of aryl methyl sites for hydroxylation is 1. The Hall–Kier alpha value is -1.32. The first-order valence-corrected chi connectivity index (χ1v) is 9.88. The van der Waals surface area contributed by atoms with Crippen molar-refractivity contribution < 1.29 is 4.79 Å². The number of hydrogen-bond acceptors (Lipinski definition) is 2. The molecular formula is C21H35N3O. The third-order valence-corrected chi connectivity index (χ3v) is 7.54. The third-order valence-electron chi connectivity index (χ3n) is 7.54. The smallest absolute Gasteiger partial charge is 0.224 e. The van der Waals surface area contributed by atoms with E-state index in [1.54, 1.807) is 0 Å². The van der Waals surface area contributed by atoms with Crippen LogP contribution < -0.4 is 5.32 Å². The fraction of sp³-hybridized carbons (Fsp3) is 0.810. The third kappa shape index (κ3) is 2.92. The topological polar surface area (TPSA) is 46.9 Å². The summed E-state index contributed by atoms with van der Waals surface area (Å²) < 4.78 is 2.06. The Morgan fingerprint density at radius 1 is 1.32 bits per heavy atom. The summed E-state index contributed by atoms with van der Waals surface area (Å²) in [6.07, 6.45) is 4.14. The Balaban J connectivity index is 1.69. The molecule has 3 unspecified atom stereocenters. The van der Waals surface area contributed by atoms with Gasteiger partial charge in [0, 0.05) is 23.8 Å². The van der Waals surface area contributed by atoms with E-state index in [0.29, 0.717) is 23.8 Å². The number of aromatic nitrogens is 2. The number of carbonyl (C=O) groups excluding carboxylic acids is 1. The van der Waals surface area contributed by atoms with E-state index < -0.39 is 0 Å². The van der Waals surface area contributed by atoms with Crippen LogP contribution >= 0.6 is 0 Å². The number of hydrogen-bond donors (Lipinski definition) is 1. The molecule has 4 nitrogen and oxygen atoms in total. The first-order chi connectivity index (χ1) is 11.6. The molecule has 1 aromatic rings. The Bertz CT molecular complexity index is 673. The van der Waals surface area contributed by atoms with Gasteiger partial charge in [-0.2, -0.15) is 5.10 Å². The van der Waals surface area contributed by atoms with Gasteiger partial charge in [-0.1, -0.05) is 34.6 Å². The van der Waals surface area contributed by atoms with Crippen LogP contribution in [0.15, 0.2) is 0 Å². The monoisotopic (exact) mass is 345 g/mol. The number of amides is 1. The van der Waals surface area contributed by atoms with Gasteiger partial charge in [0.25, 0.3) is 0 Å². The van der Waals surface area contributed by atoms with Gasteiger partial charge in [-0.15, -0.1) is 0 Å². The minimum atomic E-state index is 0.157. The van der Waals surface area contributed by atoms with Gasteiger partial charge in [-0.05, 0) is 55.8 Å². The lowest BCUT2D eigenvalue weighted by Gasteiger charge is -2.39. The lowest BCUT2D eigenvalue weighted by Crippen LogP contribution is -2.47. The van der Waals surface area contributed by atoms with E-state index in [1.807, 2.05) is 6.92 Å². The van der Waals surface area contributed by atoms with E-state index in [-0.39, 0.29) is 11.3 Å². The molecule has 25 heavy (non-hydrogen) atoms. The molecule has 0 radical (unpaired) electrons. The number of carbonyl (C=O) groups is 1. The zero-order valence-corrected chi connectivity index (χ0v) is 17.1. The molecule has 2 fully saturated rings. The number of nitrogens with one attached hydrogen (secondary N) is 1. The van der Waals surface area contributed by atoms with Gasteiger partial charge >= 0.3 is 0 Å². The van der Waals surface area contributed by atoms with Crippen molar-refractivity contribution in [1.29, 1.82) is 0 Å². The average molecular weight is 346 g/mol. The Labute approximate surface area is 152 Å². The maximum absolute atomic E-state index is 12.8. The molecule has 2 bridgehead atoms. The molecule has 1 heterocycles. The van der Waals surface area contributed by atoms with Gasteiger partial charge in [-0.25, -0.2) is 0 Å². The minimum absolute atomic E-state index is 0.157. The van der Waals surface area contributed by atoms with E-state index in [4.69, 9.17) is 0 Å². The summed E-state index contributed by atoms with van der Waals surface area (Å²) in [5, 5.41) is 8.03. The van der Waals surface area contributed by atoms with Gasteiger partial charge in [0.15, 0.2) is 0 Å². The van der Waals surface area contributed by atoms with Gasteiger partial charge in [0.2, 0.25) is 5.91 Å². The molecule has 1 N–H and O–H groups in total. The van der Waals surface area contributed by atoms with Crippen LogP contribution in [0.4, 0.5) is 0 Å². The van der Waals surface area contributed by atoms with Crippen molar-refractivity contribution in [2.75, 3.05) is 0 Å². The van der Waals surface area contributed by atoms with Crippen molar-refractivity contribution in [2.45, 2.75) is 86.7 Å². The van der Waals surface area contributed by atoms with Crippen LogP contribution in [0.1, 0.15) is 70.8 Å². The van der Waals surface area contributed by atoms with Crippen LogP contribution in [0.3, 0.4) is 0 Å². The van der Waals surface area contributed by atoms with Crippen LogP contribution in [0, 0.1) is 36.5 Å². The highest BCUT2D eigenvalue weighted by Gasteiger charge is 2.61. The van der Waals surface area contributed by atoms with Crippen molar-refractivity contribution in [1.82, 2.24) is 15.1 Å². The molecular weight excluding hydrogens is 310 g/mol. The molecule has 0 aromatic carbocycles. The zero-order valence-electron chi connectivity index (χ0n) is 17.1. The highest BCUT2D eigenvalue weighted by atomic mass is 16.1. The molecule has 4 heteroatoms.